The summed E-state index contributed by atoms with van der Waals surface area (Å²) >= 11 is 0. The van der Waals surface area contributed by atoms with Gasteiger partial charge in [0.2, 0.25) is 5.91 Å². The standard InChI is InChI=1S/C14H20N2O2/c1-10(12-3-2-4-13(17)8-12)16-14(18)7-11-5-6-15-9-11/h2-4,8,10-11,15,17H,5-7,9H2,1H3,(H,16,18). The van der Waals surface area contributed by atoms with Crippen molar-refractivity contribution in [3.63, 3.8) is 0 Å². The lowest BCUT2D eigenvalue weighted by atomic mass is 10.0. The molecule has 2 unspecified atom stereocenters. The van der Waals surface area contributed by atoms with E-state index >= 15 is 0 Å². The summed E-state index contributed by atoms with van der Waals surface area (Å²) in [5, 5.41) is 15.6. The maximum atomic E-state index is 11.9. The van der Waals surface area contributed by atoms with Gasteiger partial charge in [0.15, 0.2) is 0 Å². The van der Waals surface area contributed by atoms with Crippen molar-refractivity contribution in [3.05, 3.63) is 29.8 Å². The third-order valence-electron chi connectivity index (χ3n) is 3.38. The summed E-state index contributed by atoms with van der Waals surface area (Å²) in [6, 6.07) is 6.93. The molecule has 0 bridgehead atoms. The minimum absolute atomic E-state index is 0.0704. The van der Waals surface area contributed by atoms with E-state index in [-0.39, 0.29) is 17.7 Å². The van der Waals surface area contributed by atoms with E-state index in [1.54, 1.807) is 18.2 Å². The number of carbonyl (C=O) groups excluding carboxylic acids is 1. The van der Waals surface area contributed by atoms with Crippen LogP contribution < -0.4 is 10.6 Å². The van der Waals surface area contributed by atoms with Gasteiger partial charge in [0.05, 0.1) is 6.04 Å². The van der Waals surface area contributed by atoms with Crippen LogP contribution in [-0.4, -0.2) is 24.1 Å². The molecule has 1 aliphatic rings. The Labute approximate surface area is 107 Å². The fraction of sp³-hybridized carbons (Fsp3) is 0.500. The zero-order valence-electron chi connectivity index (χ0n) is 10.6. The van der Waals surface area contributed by atoms with Gasteiger partial charge in [-0.15, -0.1) is 0 Å². The Morgan fingerprint density at radius 1 is 1.61 bits per heavy atom. The summed E-state index contributed by atoms with van der Waals surface area (Å²) in [5.74, 6) is 0.773. The van der Waals surface area contributed by atoms with Crippen LogP contribution in [0, 0.1) is 5.92 Å². The van der Waals surface area contributed by atoms with E-state index in [1.165, 1.54) is 0 Å². The molecule has 1 saturated heterocycles. The van der Waals surface area contributed by atoms with Crippen LogP contribution in [0.1, 0.15) is 31.4 Å². The van der Waals surface area contributed by atoms with Crippen molar-refractivity contribution in [2.45, 2.75) is 25.8 Å². The van der Waals surface area contributed by atoms with Crippen molar-refractivity contribution in [1.82, 2.24) is 10.6 Å². The van der Waals surface area contributed by atoms with Crippen LogP contribution in [0.3, 0.4) is 0 Å². The number of phenolic OH excluding ortho intramolecular Hbond substituents is 1. The molecule has 0 spiro atoms. The van der Waals surface area contributed by atoms with E-state index < -0.39 is 0 Å². The number of aromatic hydroxyl groups is 1. The maximum Gasteiger partial charge on any atom is 0.220 e. The topological polar surface area (TPSA) is 61.4 Å². The van der Waals surface area contributed by atoms with Gasteiger partial charge < -0.3 is 15.7 Å². The van der Waals surface area contributed by atoms with Crippen molar-refractivity contribution in [1.29, 1.82) is 0 Å². The first kappa shape index (κ1) is 12.9. The Balaban J connectivity index is 1.86. The van der Waals surface area contributed by atoms with Gasteiger partial charge in [-0.2, -0.15) is 0 Å². The number of hydrogen-bond donors (Lipinski definition) is 3. The zero-order chi connectivity index (χ0) is 13.0. The van der Waals surface area contributed by atoms with Crippen LogP contribution >= 0.6 is 0 Å². The fourth-order valence-electron chi connectivity index (χ4n) is 2.33. The van der Waals surface area contributed by atoms with Gasteiger partial charge in [0, 0.05) is 6.42 Å². The van der Waals surface area contributed by atoms with Gasteiger partial charge >= 0.3 is 0 Å². The van der Waals surface area contributed by atoms with Crippen LogP contribution in [0.2, 0.25) is 0 Å². The van der Waals surface area contributed by atoms with E-state index in [0.717, 1.165) is 25.1 Å². The highest BCUT2D eigenvalue weighted by atomic mass is 16.3. The largest absolute Gasteiger partial charge is 0.508 e. The summed E-state index contributed by atoms with van der Waals surface area (Å²) in [5.41, 5.74) is 0.924. The number of hydrogen-bond acceptors (Lipinski definition) is 3. The Morgan fingerprint density at radius 3 is 3.11 bits per heavy atom. The molecule has 3 N–H and O–H groups in total. The molecule has 0 aliphatic carbocycles. The summed E-state index contributed by atoms with van der Waals surface area (Å²) in [6.45, 7) is 3.88. The van der Waals surface area contributed by atoms with E-state index in [0.29, 0.717) is 12.3 Å². The molecule has 0 aromatic heterocycles. The van der Waals surface area contributed by atoms with Gasteiger partial charge in [-0.25, -0.2) is 0 Å². The number of rotatable bonds is 4. The van der Waals surface area contributed by atoms with Crippen LogP contribution in [0.4, 0.5) is 0 Å². The van der Waals surface area contributed by atoms with Crippen LogP contribution in [0.25, 0.3) is 0 Å². The second kappa shape index (κ2) is 5.87. The summed E-state index contributed by atoms with van der Waals surface area (Å²) in [4.78, 5) is 11.9. The molecular weight excluding hydrogens is 228 g/mol. The third-order valence-corrected chi connectivity index (χ3v) is 3.38. The summed E-state index contributed by atoms with van der Waals surface area (Å²) in [6.07, 6.45) is 1.66. The van der Waals surface area contributed by atoms with E-state index in [1.807, 2.05) is 13.0 Å². The molecule has 2 atom stereocenters. The minimum atomic E-state index is -0.0704. The summed E-state index contributed by atoms with van der Waals surface area (Å²) < 4.78 is 0. The highest BCUT2D eigenvalue weighted by Gasteiger charge is 2.19. The highest BCUT2D eigenvalue weighted by Crippen LogP contribution is 2.18. The molecule has 98 valence electrons. The molecule has 1 fully saturated rings. The molecule has 1 aromatic carbocycles. The fourth-order valence-corrected chi connectivity index (χ4v) is 2.33. The van der Waals surface area contributed by atoms with Crippen LogP contribution in [0.5, 0.6) is 5.75 Å². The van der Waals surface area contributed by atoms with Crippen molar-refractivity contribution in [2.75, 3.05) is 13.1 Å². The molecule has 1 heterocycles. The molecular formula is C14H20N2O2. The molecule has 2 rings (SSSR count). The molecule has 1 amide bonds. The van der Waals surface area contributed by atoms with Crippen molar-refractivity contribution in [3.8, 4) is 5.75 Å². The van der Waals surface area contributed by atoms with Crippen molar-refractivity contribution in [2.24, 2.45) is 5.92 Å². The molecule has 4 nitrogen and oxygen atoms in total. The predicted octanol–water partition coefficient (Wildman–Crippen LogP) is 1.57. The first-order chi connectivity index (χ1) is 8.65. The predicted molar refractivity (Wildman–Crippen MR) is 70.3 cm³/mol. The average molecular weight is 248 g/mol. The van der Waals surface area contributed by atoms with Gasteiger partial charge in [0.1, 0.15) is 5.75 Å². The number of carbonyl (C=O) groups is 1. The summed E-state index contributed by atoms with van der Waals surface area (Å²) in [7, 11) is 0. The second-order valence-electron chi connectivity index (χ2n) is 4.95. The van der Waals surface area contributed by atoms with Gasteiger partial charge in [-0.1, -0.05) is 12.1 Å². The third kappa shape index (κ3) is 3.47. The lowest BCUT2D eigenvalue weighted by Gasteiger charge is -2.16. The SMILES string of the molecule is CC(NC(=O)CC1CCNC1)c1cccc(O)c1. The van der Waals surface area contributed by atoms with Crippen LogP contribution in [0.15, 0.2) is 24.3 Å². The lowest BCUT2D eigenvalue weighted by Crippen LogP contribution is -2.28. The maximum absolute atomic E-state index is 11.9. The number of phenols is 1. The highest BCUT2D eigenvalue weighted by molar-refractivity contribution is 5.76. The normalized spacial score (nSPS) is 20.6. The van der Waals surface area contributed by atoms with E-state index in [9.17, 15) is 9.90 Å². The van der Waals surface area contributed by atoms with E-state index in [2.05, 4.69) is 10.6 Å². The van der Waals surface area contributed by atoms with Crippen molar-refractivity contribution >= 4 is 5.91 Å². The van der Waals surface area contributed by atoms with Gasteiger partial charge in [-0.3, -0.25) is 4.79 Å². The number of amides is 1. The quantitative estimate of drug-likeness (QED) is 0.758. The monoisotopic (exact) mass is 248 g/mol. The Morgan fingerprint density at radius 2 is 2.44 bits per heavy atom. The second-order valence-corrected chi connectivity index (χ2v) is 4.95. The van der Waals surface area contributed by atoms with E-state index in [4.69, 9.17) is 0 Å². The van der Waals surface area contributed by atoms with Crippen LogP contribution in [-0.2, 0) is 4.79 Å². The Hall–Kier alpha value is -1.55. The first-order valence-corrected chi connectivity index (χ1v) is 6.44. The first-order valence-electron chi connectivity index (χ1n) is 6.44. The lowest BCUT2D eigenvalue weighted by molar-refractivity contribution is -0.122. The number of nitrogens with one attached hydrogen (secondary N) is 2. The van der Waals surface area contributed by atoms with Crippen molar-refractivity contribution < 1.29 is 9.90 Å². The molecule has 1 aromatic rings. The van der Waals surface area contributed by atoms with Gasteiger partial charge in [-0.05, 0) is 50.0 Å². The Bertz CT molecular complexity index is 414. The minimum Gasteiger partial charge on any atom is -0.508 e. The molecule has 4 heteroatoms. The van der Waals surface area contributed by atoms with Gasteiger partial charge in [0.25, 0.3) is 0 Å². The Kier molecular flexibility index (Phi) is 4.20. The zero-order valence-corrected chi connectivity index (χ0v) is 10.6. The smallest absolute Gasteiger partial charge is 0.220 e. The molecule has 1 aliphatic heterocycles. The number of benzene rings is 1. The molecule has 0 saturated carbocycles. The molecule has 18 heavy (non-hydrogen) atoms. The average Bonchev–Trinajstić information content (AvgIpc) is 2.81. The molecule has 0 radical (unpaired) electrons.